The second-order valence-corrected chi connectivity index (χ2v) is 8.68. The van der Waals surface area contributed by atoms with E-state index in [1.165, 1.54) is 26.2 Å². The highest BCUT2D eigenvalue weighted by Crippen LogP contribution is 2.22. The summed E-state index contributed by atoms with van der Waals surface area (Å²) in [5.41, 5.74) is 3.93. The van der Waals surface area contributed by atoms with Gasteiger partial charge in [0.25, 0.3) is 0 Å². The minimum absolute atomic E-state index is 0.372. The van der Waals surface area contributed by atoms with Crippen molar-refractivity contribution in [1.29, 1.82) is 0 Å². The number of nitrogens with zero attached hydrogens (tertiary/aromatic N) is 2. The molecule has 2 fully saturated rings. The Hall–Kier alpha value is -0.600. The molecule has 2 aliphatic heterocycles. The summed E-state index contributed by atoms with van der Waals surface area (Å²) >= 11 is 0. The van der Waals surface area contributed by atoms with Gasteiger partial charge in [-0.15, -0.1) is 0 Å². The third kappa shape index (κ3) is 7.25. The molecule has 0 radical (unpaired) electrons. The van der Waals surface area contributed by atoms with Crippen LogP contribution in [0.4, 0.5) is 0 Å². The highest BCUT2D eigenvalue weighted by molar-refractivity contribution is 5.17. The van der Waals surface area contributed by atoms with E-state index in [0.29, 0.717) is 10.8 Å². The quantitative estimate of drug-likeness (QED) is 0.622. The molecule has 2 nitrogen and oxygen atoms in total. The van der Waals surface area contributed by atoms with Gasteiger partial charge in [-0.25, -0.2) is 0 Å². The zero-order valence-corrected chi connectivity index (χ0v) is 14.9. The van der Waals surface area contributed by atoms with Gasteiger partial charge in [-0.3, -0.25) is 9.80 Å². The maximum Gasteiger partial charge on any atom is 0.0206 e. The summed E-state index contributed by atoms with van der Waals surface area (Å²) < 4.78 is 0. The normalized spacial score (nSPS) is 20.6. The van der Waals surface area contributed by atoms with E-state index in [2.05, 4.69) is 77.6 Å². The van der Waals surface area contributed by atoms with Crippen molar-refractivity contribution in [3.63, 3.8) is 0 Å². The van der Waals surface area contributed by atoms with Crippen molar-refractivity contribution in [3.05, 3.63) is 23.3 Å². The van der Waals surface area contributed by atoms with Crippen LogP contribution in [0.25, 0.3) is 0 Å². The molecule has 0 unspecified atom stereocenters. The summed E-state index contributed by atoms with van der Waals surface area (Å²) in [7, 11) is 4.31. The van der Waals surface area contributed by atoms with Gasteiger partial charge in [-0.05, 0) is 36.1 Å². The molecule has 2 saturated heterocycles. The standard InChI is InChI=1S/2C9H17N/c2*1-9(2,3)5-8-6-10(4)7-8/h2*5H,6-7H2,1-4H3. The number of rotatable bonds is 0. The molecule has 2 aliphatic rings. The minimum atomic E-state index is 0.372. The molecule has 0 atom stereocenters. The molecule has 20 heavy (non-hydrogen) atoms. The first-order valence-corrected chi connectivity index (χ1v) is 7.73. The predicted molar refractivity (Wildman–Crippen MR) is 90.1 cm³/mol. The third-order valence-corrected chi connectivity index (χ3v) is 3.17. The molecule has 0 aromatic carbocycles. The van der Waals surface area contributed by atoms with Gasteiger partial charge in [0.05, 0.1) is 0 Å². The van der Waals surface area contributed by atoms with Crippen molar-refractivity contribution in [2.75, 3.05) is 40.3 Å². The van der Waals surface area contributed by atoms with Gasteiger partial charge in [-0.2, -0.15) is 0 Å². The first-order chi connectivity index (χ1) is 8.94. The van der Waals surface area contributed by atoms with E-state index in [9.17, 15) is 0 Å². The predicted octanol–water partition coefficient (Wildman–Crippen LogP) is 3.81. The second-order valence-electron chi connectivity index (χ2n) is 8.68. The Morgan fingerprint density at radius 2 is 0.900 bits per heavy atom. The Kier molecular flexibility index (Phi) is 5.62. The van der Waals surface area contributed by atoms with Crippen molar-refractivity contribution >= 4 is 0 Å². The number of allylic oxidation sites excluding steroid dienone is 2. The van der Waals surface area contributed by atoms with Crippen LogP contribution in [-0.4, -0.2) is 50.1 Å². The molecule has 0 aromatic rings. The Labute approximate surface area is 126 Å². The molecule has 0 saturated carbocycles. The average Bonchev–Trinajstić information content (AvgIpc) is 2.09. The molecule has 0 N–H and O–H groups in total. The summed E-state index contributed by atoms with van der Waals surface area (Å²) in [5, 5.41) is 0. The van der Waals surface area contributed by atoms with Gasteiger partial charge in [0.2, 0.25) is 0 Å². The molecule has 0 amide bonds. The molecular formula is C18H34N2. The van der Waals surface area contributed by atoms with Crippen LogP contribution in [0.15, 0.2) is 23.3 Å². The summed E-state index contributed by atoms with van der Waals surface area (Å²) in [6.45, 7) is 18.2. The van der Waals surface area contributed by atoms with Crippen LogP contribution in [0.1, 0.15) is 41.5 Å². The van der Waals surface area contributed by atoms with Crippen LogP contribution >= 0.6 is 0 Å². The molecule has 0 spiro atoms. The topological polar surface area (TPSA) is 6.48 Å². The van der Waals surface area contributed by atoms with Gasteiger partial charge < -0.3 is 0 Å². The zero-order chi connectivity index (χ0) is 15.6. The smallest absolute Gasteiger partial charge is 0.0206 e. The lowest BCUT2D eigenvalue weighted by Gasteiger charge is -2.32. The Morgan fingerprint density at radius 3 is 1.05 bits per heavy atom. The van der Waals surface area contributed by atoms with Crippen LogP contribution < -0.4 is 0 Å². The van der Waals surface area contributed by atoms with E-state index < -0.39 is 0 Å². The van der Waals surface area contributed by atoms with Crippen molar-refractivity contribution in [1.82, 2.24) is 9.80 Å². The van der Waals surface area contributed by atoms with Crippen LogP contribution in [0, 0.1) is 10.8 Å². The molecule has 2 heteroatoms. The molecule has 0 aromatic heterocycles. The van der Waals surface area contributed by atoms with Gasteiger partial charge in [0.15, 0.2) is 0 Å². The van der Waals surface area contributed by atoms with Gasteiger partial charge in [0.1, 0.15) is 0 Å². The minimum Gasteiger partial charge on any atom is -0.298 e. The molecular weight excluding hydrogens is 244 g/mol. The second kappa shape index (κ2) is 6.44. The van der Waals surface area contributed by atoms with Gasteiger partial charge in [0, 0.05) is 26.2 Å². The van der Waals surface area contributed by atoms with Crippen LogP contribution in [0.2, 0.25) is 0 Å². The summed E-state index contributed by atoms with van der Waals surface area (Å²) in [6.07, 6.45) is 4.76. The fourth-order valence-corrected chi connectivity index (χ4v) is 2.70. The highest BCUT2D eigenvalue weighted by Gasteiger charge is 2.18. The Morgan fingerprint density at radius 1 is 0.650 bits per heavy atom. The monoisotopic (exact) mass is 278 g/mol. The lowest BCUT2D eigenvalue weighted by molar-refractivity contribution is 0.303. The lowest BCUT2D eigenvalue weighted by Crippen LogP contribution is -2.36. The zero-order valence-electron chi connectivity index (χ0n) is 14.9. The first kappa shape index (κ1) is 17.5. The molecule has 0 aliphatic carbocycles. The molecule has 0 bridgehead atoms. The van der Waals surface area contributed by atoms with E-state index in [0.717, 1.165) is 0 Å². The lowest BCUT2D eigenvalue weighted by atomic mass is 9.91. The van der Waals surface area contributed by atoms with Gasteiger partial charge >= 0.3 is 0 Å². The number of hydrogen-bond acceptors (Lipinski definition) is 2. The van der Waals surface area contributed by atoms with E-state index in [1.54, 1.807) is 11.1 Å². The molecule has 116 valence electrons. The fourth-order valence-electron chi connectivity index (χ4n) is 2.70. The molecule has 2 heterocycles. The fraction of sp³-hybridized carbons (Fsp3) is 0.778. The Bertz CT molecular complexity index is 323. The van der Waals surface area contributed by atoms with E-state index in [4.69, 9.17) is 0 Å². The van der Waals surface area contributed by atoms with Crippen LogP contribution in [0.3, 0.4) is 0 Å². The van der Waals surface area contributed by atoms with Crippen molar-refractivity contribution in [2.24, 2.45) is 10.8 Å². The summed E-state index contributed by atoms with van der Waals surface area (Å²) in [4.78, 5) is 4.63. The maximum absolute atomic E-state index is 2.38. The van der Waals surface area contributed by atoms with E-state index in [-0.39, 0.29) is 0 Å². The van der Waals surface area contributed by atoms with Gasteiger partial charge in [-0.1, -0.05) is 53.7 Å². The third-order valence-electron chi connectivity index (χ3n) is 3.17. The maximum atomic E-state index is 2.38. The van der Waals surface area contributed by atoms with E-state index >= 15 is 0 Å². The van der Waals surface area contributed by atoms with Crippen LogP contribution in [-0.2, 0) is 0 Å². The number of likely N-dealkylation sites (tertiary alicyclic amines) is 2. The Balaban J connectivity index is 0.000000200. The number of hydrogen-bond donors (Lipinski definition) is 0. The average molecular weight is 278 g/mol. The highest BCUT2D eigenvalue weighted by atomic mass is 15.1. The van der Waals surface area contributed by atoms with Crippen molar-refractivity contribution in [2.45, 2.75) is 41.5 Å². The summed E-state index contributed by atoms with van der Waals surface area (Å²) in [5.74, 6) is 0. The SMILES string of the molecule is CN1CC(=CC(C)(C)C)C1.CN1CC(=CC(C)(C)C)C1. The van der Waals surface area contributed by atoms with Crippen LogP contribution in [0.5, 0.6) is 0 Å². The number of likely N-dealkylation sites (N-methyl/N-ethyl adjacent to an activating group) is 2. The molecule has 2 rings (SSSR count). The first-order valence-electron chi connectivity index (χ1n) is 7.73. The van der Waals surface area contributed by atoms with Crippen molar-refractivity contribution < 1.29 is 0 Å². The van der Waals surface area contributed by atoms with Crippen molar-refractivity contribution in [3.8, 4) is 0 Å². The van der Waals surface area contributed by atoms with E-state index in [1.807, 2.05) is 0 Å². The summed E-state index contributed by atoms with van der Waals surface area (Å²) in [6, 6.07) is 0. The largest absolute Gasteiger partial charge is 0.298 e.